The van der Waals surface area contributed by atoms with Gasteiger partial charge >= 0.3 is 0 Å². The number of hydrogen-bond acceptors (Lipinski definition) is 5. The third kappa shape index (κ3) is 4.88. The predicted molar refractivity (Wildman–Crippen MR) is 93.7 cm³/mol. The highest BCUT2D eigenvalue weighted by Gasteiger charge is 2.35. The van der Waals surface area contributed by atoms with E-state index in [1.54, 1.807) is 6.07 Å². The van der Waals surface area contributed by atoms with E-state index in [4.69, 9.17) is 4.52 Å². The second kappa shape index (κ2) is 8.06. The van der Waals surface area contributed by atoms with Crippen LogP contribution in [0.25, 0.3) is 0 Å². The number of rotatable bonds is 8. The van der Waals surface area contributed by atoms with Crippen LogP contribution in [-0.4, -0.2) is 46.2 Å². The zero-order chi connectivity index (χ0) is 17.1. The van der Waals surface area contributed by atoms with Gasteiger partial charge in [0.05, 0.1) is 24.3 Å². The Morgan fingerprint density at radius 1 is 1.39 bits per heavy atom. The molecule has 23 heavy (non-hydrogen) atoms. The van der Waals surface area contributed by atoms with Crippen LogP contribution in [0.5, 0.6) is 0 Å². The highest BCUT2D eigenvalue weighted by molar-refractivity contribution is 5.89. The van der Waals surface area contributed by atoms with Gasteiger partial charge in [-0.2, -0.15) is 0 Å². The minimum Gasteiger partial charge on any atom is -0.395 e. The Balaban J connectivity index is 0.00000484. The van der Waals surface area contributed by atoms with Crippen molar-refractivity contribution in [3.63, 3.8) is 0 Å². The Morgan fingerprint density at radius 2 is 1.96 bits per heavy atom. The SMILES string of the molecule is C.CC[C@H](C)N(C)C(C)(C)C(=O)Cc1cc(C(C)(C)CO)no1. The third-order valence-electron chi connectivity index (χ3n) is 4.80. The molecule has 0 aromatic carbocycles. The molecule has 0 spiro atoms. The number of ketones is 1. The number of aromatic nitrogens is 1. The zero-order valence-corrected chi connectivity index (χ0v) is 14.9. The van der Waals surface area contributed by atoms with Gasteiger partial charge in [0, 0.05) is 17.5 Å². The fourth-order valence-corrected chi connectivity index (χ4v) is 2.19. The maximum Gasteiger partial charge on any atom is 0.160 e. The first kappa shape index (κ1) is 21.8. The number of likely N-dealkylation sites (N-methyl/N-ethyl adjacent to an activating group) is 1. The number of aliphatic hydroxyl groups is 1. The highest BCUT2D eigenvalue weighted by Crippen LogP contribution is 2.24. The van der Waals surface area contributed by atoms with Crippen LogP contribution < -0.4 is 0 Å². The second-order valence-corrected chi connectivity index (χ2v) is 7.25. The van der Waals surface area contributed by atoms with E-state index in [1.165, 1.54) is 0 Å². The molecule has 1 N–H and O–H groups in total. The Morgan fingerprint density at radius 3 is 2.43 bits per heavy atom. The van der Waals surface area contributed by atoms with E-state index < -0.39 is 11.0 Å². The number of aliphatic hydroxyl groups excluding tert-OH is 1. The molecule has 5 nitrogen and oxygen atoms in total. The van der Waals surface area contributed by atoms with Crippen LogP contribution in [0.1, 0.15) is 66.8 Å². The molecule has 0 aliphatic carbocycles. The Hall–Kier alpha value is -1.20. The van der Waals surface area contributed by atoms with E-state index >= 15 is 0 Å². The number of hydrogen-bond donors (Lipinski definition) is 1. The summed E-state index contributed by atoms with van der Waals surface area (Å²) >= 11 is 0. The first-order chi connectivity index (χ1) is 10.1. The van der Waals surface area contributed by atoms with Gasteiger partial charge in [-0.3, -0.25) is 9.69 Å². The summed E-state index contributed by atoms with van der Waals surface area (Å²) in [4.78, 5) is 14.7. The van der Waals surface area contributed by atoms with Crippen molar-refractivity contribution in [2.24, 2.45) is 0 Å². The van der Waals surface area contributed by atoms with Gasteiger partial charge in [0.2, 0.25) is 0 Å². The van der Waals surface area contributed by atoms with Crippen LogP contribution in [-0.2, 0) is 16.6 Å². The van der Waals surface area contributed by atoms with Gasteiger partial charge in [0.1, 0.15) is 5.76 Å². The molecule has 0 radical (unpaired) electrons. The van der Waals surface area contributed by atoms with E-state index in [0.717, 1.165) is 6.42 Å². The fourth-order valence-electron chi connectivity index (χ4n) is 2.19. The van der Waals surface area contributed by atoms with Crippen molar-refractivity contribution in [3.05, 3.63) is 17.5 Å². The lowest BCUT2D eigenvalue weighted by molar-refractivity contribution is -0.129. The first-order valence-electron chi connectivity index (χ1n) is 7.89. The van der Waals surface area contributed by atoms with E-state index in [9.17, 15) is 9.90 Å². The molecule has 0 unspecified atom stereocenters. The molecule has 134 valence electrons. The topological polar surface area (TPSA) is 66.6 Å². The number of Topliss-reactive ketones (excluding diaryl/α,β-unsaturated/α-hetero) is 1. The highest BCUT2D eigenvalue weighted by atomic mass is 16.5. The largest absolute Gasteiger partial charge is 0.395 e. The Kier molecular flexibility index (Phi) is 7.64. The van der Waals surface area contributed by atoms with Crippen molar-refractivity contribution >= 4 is 5.78 Å². The molecule has 0 fully saturated rings. The van der Waals surface area contributed by atoms with Crippen molar-refractivity contribution in [2.75, 3.05) is 13.7 Å². The van der Waals surface area contributed by atoms with Crippen LogP contribution in [0, 0.1) is 0 Å². The summed E-state index contributed by atoms with van der Waals surface area (Å²) in [5.41, 5.74) is -0.353. The Labute approximate surface area is 141 Å². The zero-order valence-electron chi connectivity index (χ0n) is 14.9. The van der Waals surface area contributed by atoms with E-state index in [1.807, 2.05) is 34.7 Å². The van der Waals surface area contributed by atoms with Crippen molar-refractivity contribution in [3.8, 4) is 0 Å². The maximum absolute atomic E-state index is 12.6. The summed E-state index contributed by atoms with van der Waals surface area (Å²) in [5.74, 6) is 0.645. The molecule has 0 aliphatic heterocycles. The lowest BCUT2D eigenvalue weighted by Gasteiger charge is -2.38. The smallest absolute Gasteiger partial charge is 0.160 e. The molecular formula is C18H34N2O3. The number of carbonyl (C=O) groups is 1. The average molecular weight is 326 g/mol. The van der Waals surface area contributed by atoms with Crippen LogP contribution >= 0.6 is 0 Å². The van der Waals surface area contributed by atoms with E-state index in [0.29, 0.717) is 17.5 Å². The van der Waals surface area contributed by atoms with Gasteiger partial charge in [-0.05, 0) is 34.2 Å². The Bertz CT molecular complexity index is 506. The first-order valence-corrected chi connectivity index (χ1v) is 7.89. The monoisotopic (exact) mass is 326 g/mol. The van der Waals surface area contributed by atoms with E-state index in [-0.39, 0.29) is 26.2 Å². The molecule has 5 heteroatoms. The average Bonchev–Trinajstić information content (AvgIpc) is 2.94. The molecular weight excluding hydrogens is 292 g/mol. The van der Waals surface area contributed by atoms with Gasteiger partial charge in [-0.1, -0.05) is 33.4 Å². The van der Waals surface area contributed by atoms with Crippen molar-refractivity contribution in [1.82, 2.24) is 10.1 Å². The predicted octanol–water partition coefficient (Wildman–Crippen LogP) is 3.20. The molecule has 0 saturated carbocycles. The minimum absolute atomic E-state index is 0. The van der Waals surface area contributed by atoms with Crippen molar-refractivity contribution in [1.29, 1.82) is 0 Å². The summed E-state index contributed by atoms with van der Waals surface area (Å²) in [6.45, 7) is 11.9. The molecule has 1 heterocycles. The minimum atomic E-state index is -0.561. The molecule has 1 aromatic rings. The van der Waals surface area contributed by atoms with Crippen molar-refractivity contribution < 1.29 is 14.4 Å². The molecule has 0 amide bonds. The number of nitrogens with zero attached hydrogens (tertiary/aromatic N) is 2. The third-order valence-corrected chi connectivity index (χ3v) is 4.80. The maximum atomic E-state index is 12.6. The van der Waals surface area contributed by atoms with Gasteiger partial charge < -0.3 is 9.63 Å². The standard InChI is InChI=1S/C17H30N2O3.CH4/c1-8-12(2)19(7)17(5,6)15(21)10-13-9-14(18-22-13)16(3,4)11-20;/h9,12,20H,8,10-11H2,1-7H3;1H4/t12-;/m0./s1. The second-order valence-electron chi connectivity index (χ2n) is 7.25. The van der Waals surface area contributed by atoms with Gasteiger partial charge in [-0.25, -0.2) is 0 Å². The lowest BCUT2D eigenvalue weighted by Crippen LogP contribution is -2.52. The molecule has 0 aliphatic rings. The summed E-state index contributed by atoms with van der Waals surface area (Å²) in [6, 6.07) is 2.10. The van der Waals surface area contributed by atoms with Crippen LogP contribution in [0.4, 0.5) is 0 Å². The van der Waals surface area contributed by atoms with E-state index in [2.05, 4.69) is 23.9 Å². The summed E-state index contributed by atoms with van der Waals surface area (Å²) < 4.78 is 5.28. The molecule has 1 rings (SSSR count). The summed E-state index contributed by atoms with van der Waals surface area (Å²) in [7, 11) is 1.98. The summed E-state index contributed by atoms with van der Waals surface area (Å²) in [6.07, 6.45) is 1.20. The summed E-state index contributed by atoms with van der Waals surface area (Å²) in [5, 5.41) is 13.4. The molecule has 0 saturated heterocycles. The van der Waals surface area contributed by atoms with Crippen LogP contribution in [0.3, 0.4) is 0 Å². The molecule has 1 aromatic heterocycles. The fraction of sp³-hybridized carbons (Fsp3) is 0.778. The number of carbonyl (C=O) groups excluding carboxylic acids is 1. The van der Waals surface area contributed by atoms with Gasteiger partial charge in [-0.15, -0.1) is 0 Å². The quantitative estimate of drug-likeness (QED) is 0.794. The van der Waals surface area contributed by atoms with Crippen LogP contribution in [0.2, 0.25) is 0 Å². The lowest BCUT2D eigenvalue weighted by atomic mass is 9.89. The normalized spacial score (nSPS) is 13.8. The van der Waals surface area contributed by atoms with Gasteiger partial charge in [0.15, 0.2) is 5.78 Å². The molecule has 0 bridgehead atoms. The van der Waals surface area contributed by atoms with Crippen molar-refractivity contribution in [2.45, 2.75) is 78.8 Å². The van der Waals surface area contributed by atoms with Gasteiger partial charge in [0.25, 0.3) is 0 Å². The van der Waals surface area contributed by atoms with Crippen LogP contribution in [0.15, 0.2) is 10.6 Å². The molecule has 1 atom stereocenters.